The highest BCUT2D eigenvalue weighted by Gasteiger charge is 2.21. The molecule has 82 valence electrons. The monoisotopic (exact) mass is 225 g/mol. The van der Waals surface area contributed by atoms with E-state index < -0.39 is 0 Å². The van der Waals surface area contributed by atoms with Crippen LogP contribution >= 0.6 is 11.6 Å². The van der Waals surface area contributed by atoms with Crippen LogP contribution in [0.25, 0.3) is 0 Å². The summed E-state index contributed by atoms with van der Waals surface area (Å²) < 4.78 is 0. The van der Waals surface area contributed by atoms with Crippen LogP contribution < -0.4 is 5.32 Å². The molecule has 0 aromatic heterocycles. The van der Waals surface area contributed by atoms with Crippen LogP contribution in [0.15, 0.2) is 24.3 Å². The largest absolute Gasteiger partial charge is 0.347 e. The van der Waals surface area contributed by atoms with Gasteiger partial charge in [0.1, 0.15) is 0 Å². The Morgan fingerprint density at radius 1 is 1.33 bits per heavy atom. The standard InChI is InChI=1S/C12H16ClNO/c1-4-11(15)14-12(2,3)9-5-7-10(13)8-6-9/h5-8H,4H2,1-3H3,(H,14,15). The van der Waals surface area contributed by atoms with E-state index in [0.29, 0.717) is 11.4 Å². The third-order valence-electron chi connectivity index (χ3n) is 2.34. The van der Waals surface area contributed by atoms with Crippen LogP contribution in [0, 0.1) is 0 Å². The summed E-state index contributed by atoms with van der Waals surface area (Å²) in [4.78, 5) is 11.3. The predicted molar refractivity (Wildman–Crippen MR) is 62.9 cm³/mol. The third kappa shape index (κ3) is 3.24. The number of hydrogen-bond donors (Lipinski definition) is 1. The maximum absolute atomic E-state index is 11.3. The van der Waals surface area contributed by atoms with Gasteiger partial charge in [0.2, 0.25) is 5.91 Å². The van der Waals surface area contributed by atoms with Gasteiger partial charge in [0, 0.05) is 11.4 Å². The van der Waals surface area contributed by atoms with E-state index in [4.69, 9.17) is 11.6 Å². The molecule has 0 bridgehead atoms. The van der Waals surface area contributed by atoms with Crippen LogP contribution in [-0.2, 0) is 10.3 Å². The van der Waals surface area contributed by atoms with Gasteiger partial charge in [-0.25, -0.2) is 0 Å². The second kappa shape index (κ2) is 4.67. The molecular formula is C12H16ClNO. The van der Waals surface area contributed by atoms with Gasteiger partial charge in [0.25, 0.3) is 0 Å². The summed E-state index contributed by atoms with van der Waals surface area (Å²) >= 11 is 5.81. The van der Waals surface area contributed by atoms with Gasteiger partial charge >= 0.3 is 0 Å². The number of rotatable bonds is 3. The Morgan fingerprint density at radius 3 is 2.33 bits per heavy atom. The molecule has 3 heteroatoms. The Balaban J connectivity index is 2.85. The highest BCUT2D eigenvalue weighted by molar-refractivity contribution is 6.30. The average molecular weight is 226 g/mol. The Hall–Kier alpha value is -1.02. The maximum atomic E-state index is 11.3. The summed E-state index contributed by atoms with van der Waals surface area (Å²) in [6, 6.07) is 7.52. The first kappa shape index (κ1) is 12.1. The molecule has 0 aliphatic rings. The summed E-state index contributed by atoms with van der Waals surface area (Å²) in [5.41, 5.74) is 0.700. The van der Waals surface area contributed by atoms with Crippen molar-refractivity contribution in [1.82, 2.24) is 5.32 Å². The van der Waals surface area contributed by atoms with Crippen LogP contribution in [0.5, 0.6) is 0 Å². The fraction of sp³-hybridized carbons (Fsp3) is 0.417. The first-order chi connectivity index (χ1) is 6.95. The fourth-order valence-corrected chi connectivity index (χ4v) is 1.50. The van der Waals surface area contributed by atoms with Crippen molar-refractivity contribution in [2.45, 2.75) is 32.7 Å². The first-order valence-electron chi connectivity index (χ1n) is 5.03. The number of halogens is 1. The second-order valence-corrected chi connectivity index (χ2v) is 4.47. The molecule has 0 saturated heterocycles. The molecule has 1 aromatic carbocycles. The molecule has 15 heavy (non-hydrogen) atoms. The van der Waals surface area contributed by atoms with Gasteiger partial charge in [0.15, 0.2) is 0 Å². The minimum absolute atomic E-state index is 0.0509. The summed E-state index contributed by atoms with van der Waals surface area (Å²) in [5.74, 6) is 0.0509. The van der Waals surface area contributed by atoms with E-state index in [1.165, 1.54) is 0 Å². The first-order valence-corrected chi connectivity index (χ1v) is 5.40. The molecule has 0 aliphatic carbocycles. The highest BCUT2D eigenvalue weighted by atomic mass is 35.5. The van der Waals surface area contributed by atoms with E-state index in [2.05, 4.69) is 5.32 Å². The van der Waals surface area contributed by atoms with Gasteiger partial charge in [-0.15, -0.1) is 0 Å². The van der Waals surface area contributed by atoms with Crippen molar-refractivity contribution in [2.24, 2.45) is 0 Å². The van der Waals surface area contributed by atoms with Crippen LogP contribution in [-0.4, -0.2) is 5.91 Å². The van der Waals surface area contributed by atoms with E-state index in [1.807, 2.05) is 45.0 Å². The van der Waals surface area contributed by atoms with Gasteiger partial charge in [-0.2, -0.15) is 0 Å². The molecule has 0 unspecified atom stereocenters. The van der Waals surface area contributed by atoms with Crippen LogP contribution in [0.1, 0.15) is 32.8 Å². The lowest BCUT2D eigenvalue weighted by molar-refractivity contribution is -0.122. The fourth-order valence-electron chi connectivity index (χ4n) is 1.38. The third-order valence-corrected chi connectivity index (χ3v) is 2.59. The number of carbonyl (C=O) groups excluding carboxylic acids is 1. The molecule has 1 amide bonds. The minimum Gasteiger partial charge on any atom is -0.347 e. The molecule has 1 rings (SSSR count). The Bertz CT molecular complexity index is 343. The molecule has 0 spiro atoms. The molecule has 1 aromatic rings. The van der Waals surface area contributed by atoms with E-state index in [9.17, 15) is 4.79 Å². The van der Waals surface area contributed by atoms with Crippen molar-refractivity contribution in [2.75, 3.05) is 0 Å². The lowest BCUT2D eigenvalue weighted by Crippen LogP contribution is -2.40. The van der Waals surface area contributed by atoms with Gasteiger partial charge < -0.3 is 5.32 Å². The van der Waals surface area contributed by atoms with Crippen molar-refractivity contribution < 1.29 is 4.79 Å². The predicted octanol–water partition coefficient (Wildman–Crippen LogP) is 3.10. The van der Waals surface area contributed by atoms with Crippen molar-refractivity contribution in [3.05, 3.63) is 34.9 Å². The quantitative estimate of drug-likeness (QED) is 0.842. The van der Waals surface area contributed by atoms with Gasteiger partial charge in [-0.05, 0) is 31.5 Å². The van der Waals surface area contributed by atoms with Crippen LogP contribution in [0.2, 0.25) is 5.02 Å². The summed E-state index contributed by atoms with van der Waals surface area (Å²) in [5, 5.41) is 3.66. The van der Waals surface area contributed by atoms with E-state index in [1.54, 1.807) is 0 Å². The number of carbonyl (C=O) groups is 1. The average Bonchev–Trinajstić information content (AvgIpc) is 2.17. The zero-order valence-corrected chi connectivity index (χ0v) is 10.1. The molecule has 1 N–H and O–H groups in total. The Kier molecular flexibility index (Phi) is 3.75. The molecular weight excluding hydrogens is 210 g/mol. The van der Waals surface area contributed by atoms with Crippen molar-refractivity contribution in [1.29, 1.82) is 0 Å². The minimum atomic E-state index is -0.350. The molecule has 0 heterocycles. The van der Waals surface area contributed by atoms with E-state index >= 15 is 0 Å². The van der Waals surface area contributed by atoms with Gasteiger partial charge in [-0.3, -0.25) is 4.79 Å². The smallest absolute Gasteiger partial charge is 0.220 e. The number of hydrogen-bond acceptors (Lipinski definition) is 1. The lowest BCUT2D eigenvalue weighted by Gasteiger charge is -2.26. The number of benzene rings is 1. The zero-order chi connectivity index (χ0) is 11.5. The van der Waals surface area contributed by atoms with Crippen molar-refractivity contribution in [3.8, 4) is 0 Å². The summed E-state index contributed by atoms with van der Waals surface area (Å²) in [7, 11) is 0. The van der Waals surface area contributed by atoms with Gasteiger partial charge in [0.05, 0.1) is 5.54 Å². The van der Waals surface area contributed by atoms with Gasteiger partial charge in [-0.1, -0.05) is 30.7 Å². The molecule has 0 aliphatic heterocycles. The normalized spacial score (nSPS) is 11.2. The lowest BCUT2D eigenvalue weighted by atomic mass is 9.94. The van der Waals surface area contributed by atoms with Crippen LogP contribution in [0.4, 0.5) is 0 Å². The summed E-state index contributed by atoms with van der Waals surface area (Å²) in [6.07, 6.45) is 0.497. The maximum Gasteiger partial charge on any atom is 0.220 e. The number of amides is 1. The molecule has 0 fully saturated rings. The summed E-state index contributed by atoms with van der Waals surface area (Å²) in [6.45, 7) is 5.79. The number of nitrogens with one attached hydrogen (secondary N) is 1. The SMILES string of the molecule is CCC(=O)NC(C)(C)c1ccc(Cl)cc1. The topological polar surface area (TPSA) is 29.1 Å². The second-order valence-electron chi connectivity index (χ2n) is 4.03. The van der Waals surface area contributed by atoms with E-state index in [-0.39, 0.29) is 11.4 Å². The Morgan fingerprint density at radius 2 is 1.87 bits per heavy atom. The molecule has 0 saturated carbocycles. The molecule has 2 nitrogen and oxygen atoms in total. The Labute approximate surface area is 95.6 Å². The van der Waals surface area contributed by atoms with Crippen molar-refractivity contribution in [3.63, 3.8) is 0 Å². The van der Waals surface area contributed by atoms with Crippen LogP contribution in [0.3, 0.4) is 0 Å². The molecule has 0 radical (unpaired) electrons. The van der Waals surface area contributed by atoms with Crippen molar-refractivity contribution >= 4 is 17.5 Å². The highest BCUT2D eigenvalue weighted by Crippen LogP contribution is 2.21. The molecule has 0 atom stereocenters. The van der Waals surface area contributed by atoms with E-state index in [0.717, 1.165) is 5.56 Å². The zero-order valence-electron chi connectivity index (χ0n) is 9.30.